The van der Waals surface area contributed by atoms with Crippen molar-refractivity contribution in [3.05, 3.63) is 101 Å². The van der Waals surface area contributed by atoms with Crippen molar-refractivity contribution >= 4 is 21.4 Å². The van der Waals surface area contributed by atoms with Crippen LogP contribution in [-0.4, -0.2) is 8.42 Å². The average Bonchev–Trinajstić information content (AvgIpc) is 3.30. The highest BCUT2D eigenvalue weighted by Crippen LogP contribution is 2.50. The van der Waals surface area contributed by atoms with Crippen molar-refractivity contribution in [1.29, 1.82) is 0 Å². The van der Waals surface area contributed by atoms with Gasteiger partial charge < -0.3 is 5.32 Å². The summed E-state index contributed by atoms with van der Waals surface area (Å²) in [6, 6.07) is 20.3. The normalized spacial score (nSPS) is 21.2. The second-order valence-corrected chi connectivity index (χ2v) is 12.7. The molecule has 1 heterocycles. The van der Waals surface area contributed by atoms with Crippen LogP contribution in [0, 0.1) is 19.8 Å². The molecule has 2 aliphatic rings. The van der Waals surface area contributed by atoms with Gasteiger partial charge in [0.1, 0.15) is 0 Å². The minimum atomic E-state index is -3.70. The zero-order chi connectivity index (χ0) is 25.0. The van der Waals surface area contributed by atoms with Crippen molar-refractivity contribution in [2.45, 2.75) is 63.3 Å². The van der Waals surface area contributed by atoms with Crippen LogP contribution in [0.5, 0.6) is 0 Å². The molecule has 182 valence electrons. The van der Waals surface area contributed by atoms with Gasteiger partial charge in [-0.15, -0.1) is 0 Å². The summed E-state index contributed by atoms with van der Waals surface area (Å²) >= 11 is 0. The summed E-state index contributed by atoms with van der Waals surface area (Å²) in [6.07, 6.45) is 5.45. The molecule has 0 spiro atoms. The molecule has 0 saturated carbocycles. The van der Waals surface area contributed by atoms with Crippen molar-refractivity contribution < 1.29 is 8.42 Å². The lowest BCUT2D eigenvalue weighted by molar-refractivity contribution is 0.425. The predicted molar refractivity (Wildman–Crippen MR) is 145 cm³/mol. The van der Waals surface area contributed by atoms with Crippen molar-refractivity contribution in [1.82, 2.24) is 0 Å². The van der Waals surface area contributed by atoms with Crippen LogP contribution < -0.4 is 10.0 Å². The van der Waals surface area contributed by atoms with Gasteiger partial charge in [-0.1, -0.05) is 74.9 Å². The van der Waals surface area contributed by atoms with E-state index in [0.717, 1.165) is 28.8 Å². The fourth-order valence-electron chi connectivity index (χ4n) is 5.39. The number of hydrogen-bond acceptors (Lipinski definition) is 3. The van der Waals surface area contributed by atoms with Gasteiger partial charge in [0.15, 0.2) is 0 Å². The lowest BCUT2D eigenvalue weighted by atomic mass is 9.76. The first-order chi connectivity index (χ1) is 16.5. The standard InChI is InChI=1S/C30H34N2O2S/c1-19-9-15-27(20(2)17-19)32-35(33,34)23-14-16-28-26(18-23)24-7-6-8-25(24)29(31-28)21-10-12-22(13-11-21)30(3,4)5/h6-7,9-18,24-25,29,31-32H,8H2,1-5H3/t24-,25+,29+/m0/s1. The number of benzene rings is 3. The number of fused-ring (bicyclic) bond motifs is 3. The van der Waals surface area contributed by atoms with Gasteiger partial charge in [0.2, 0.25) is 0 Å². The molecule has 0 unspecified atom stereocenters. The van der Waals surface area contributed by atoms with Crippen LogP contribution in [0.1, 0.15) is 67.0 Å². The van der Waals surface area contributed by atoms with Crippen LogP contribution in [0.25, 0.3) is 0 Å². The zero-order valence-electron chi connectivity index (χ0n) is 21.1. The lowest BCUT2D eigenvalue weighted by Gasteiger charge is -2.38. The number of sulfonamides is 1. The summed E-state index contributed by atoms with van der Waals surface area (Å²) in [5.74, 6) is 0.544. The minimum absolute atomic E-state index is 0.121. The third kappa shape index (κ3) is 4.50. The highest BCUT2D eigenvalue weighted by molar-refractivity contribution is 7.92. The Bertz CT molecular complexity index is 1400. The first-order valence-electron chi connectivity index (χ1n) is 12.3. The van der Waals surface area contributed by atoms with Crippen molar-refractivity contribution in [2.75, 3.05) is 10.0 Å². The Morgan fingerprint density at radius 1 is 0.943 bits per heavy atom. The van der Waals surface area contributed by atoms with Crippen molar-refractivity contribution in [2.24, 2.45) is 5.92 Å². The van der Waals surface area contributed by atoms with Crippen molar-refractivity contribution in [3.63, 3.8) is 0 Å². The molecule has 5 heteroatoms. The Morgan fingerprint density at radius 2 is 1.69 bits per heavy atom. The molecule has 0 amide bonds. The third-order valence-corrected chi connectivity index (χ3v) is 8.77. The van der Waals surface area contributed by atoms with E-state index in [4.69, 9.17) is 0 Å². The molecule has 35 heavy (non-hydrogen) atoms. The van der Waals surface area contributed by atoms with Gasteiger partial charge in [0, 0.05) is 11.6 Å². The molecule has 0 fully saturated rings. The first kappa shape index (κ1) is 23.7. The van der Waals surface area contributed by atoms with E-state index in [2.05, 4.69) is 67.2 Å². The number of aryl methyl sites for hydroxylation is 2. The fourth-order valence-corrected chi connectivity index (χ4v) is 6.56. The molecular weight excluding hydrogens is 452 g/mol. The van der Waals surface area contributed by atoms with Crippen LogP contribution in [0.4, 0.5) is 11.4 Å². The Morgan fingerprint density at radius 3 is 2.37 bits per heavy atom. The minimum Gasteiger partial charge on any atom is -0.378 e. The Balaban J connectivity index is 1.46. The highest BCUT2D eigenvalue weighted by atomic mass is 32.2. The Hall–Kier alpha value is -3.05. The summed E-state index contributed by atoms with van der Waals surface area (Å²) in [7, 11) is -3.70. The van der Waals surface area contributed by atoms with Gasteiger partial charge >= 0.3 is 0 Å². The van der Waals surface area contributed by atoms with E-state index >= 15 is 0 Å². The van der Waals surface area contributed by atoms with Crippen molar-refractivity contribution in [3.8, 4) is 0 Å². The fraction of sp³-hybridized carbons (Fsp3) is 0.333. The van der Waals surface area contributed by atoms with Crippen LogP contribution in [0.3, 0.4) is 0 Å². The van der Waals surface area contributed by atoms with Crippen LogP contribution in [0.2, 0.25) is 0 Å². The van der Waals surface area contributed by atoms with E-state index in [0.29, 0.717) is 16.5 Å². The molecule has 3 aromatic rings. The number of allylic oxidation sites excluding steroid dienone is 2. The van der Waals surface area contributed by atoms with Gasteiger partial charge in [-0.05, 0) is 78.1 Å². The Kier molecular flexibility index (Phi) is 5.79. The van der Waals surface area contributed by atoms with E-state index in [1.165, 1.54) is 11.1 Å². The molecule has 5 rings (SSSR count). The van der Waals surface area contributed by atoms with E-state index in [1.54, 1.807) is 6.07 Å². The van der Waals surface area contributed by atoms with E-state index in [-0.39, 0.29) is 17.4 Å². The summed E-state index contributed by atoms with van der Waals surface area (Å²) < 4.78 is 29.3. The molecule has 0 bridgehead atoms. The molecule has 3 atom stereocenters. The summed E-state index contributed by atoms with van der Waals surface area (Å²) in [5, 5.41) is 3.73. The summed E-state index contributed by atoms with van der Waals surface area (Å²) in [6.45, 7) is 10.6. The molecular formula is C30H34N2O2S. The van der Waals surface area contributed by atoms with E-state index < -0.39 is 10.0 Å². The number of nitrogens with one attached hydrogen (secondary N) is 2. The summed E-state index contributed by atoms with van der Waals surface area (Å²) in [5.41, 5.74) is 7.40. The number of rotatable bonds is 4. The van der Waals surface area contributed by atoms with Crippen LogP contribution in [0.15, 0.2) is 77.7 Å². The number of hydrogen-bond donors (Lipinski definition) is 2. The quantitative estimate of drug-likeness (QED) is 0.383. The van der Waals surface area contributed by atoms with Gasteiger partial charge in [0.25, 0.3) is 10.0 Å². The zero-order valence-corrected chi connectivity index (χ0v) is 21.9. The van der Waals surface area contributed by atoms with Gasteiger partial charge in [0.05, 0.1) is 16.6 Å². The lowest BCUT2D eigenvalue weighted by Crippen LogP contribution is -2.29. The molecule has 1 aliphatic carbocycles. The van der Waals surface area contributed by atoms with Crippen LogP contribution in [-0.2, 0) is 15.4 Å². The largest absolute Gasteiger partial charge is 0.378 e. The van der Waals surface area contributed by atoms with E-state index in [9.17, 15) is 8.42 Å². The summed E-state index contributed by atoms with van der Waals surface area (Å²) in [4.78, 5) is 0.296. The molecule has 3 aromatic carbocycles. The predicted octanol–water partition coefficient (Wildman–Crippen LogP) is 7.23. The van der Waals surface area contributed by atoms with Gasteiger partial charge in [-0.3, -0.25) is 4.72 Å². The topological polar surface area (TPSA) is 58.2 Å². The van der Waals surface area contributed by atoms with Gasteiger partial charge in [-0.25, -0.2) is 8.42 Å². The molecule has 0 aromatic heterocycles. The van der Waals surface area contributed by atoms with Crippen LogP contribution >= 0.6 is 0 Å². The second-order valence-electron chi connectivity index (χ2n) is 11.0. The molecule has 0 radical (unpaired) electrons. The Labute approximate surface area is 209 Å². The maximum absolute atomic E-state index is 13.3. The second kappa shape index (κ2) is 8.56. The smallest absolute Gasteiger partial charge is 0.261 e. The molecule has 1 aliphatic heterocycles. The molecule has 2 N–H and O–H groups in total. The van der Waals surface area contributed by atoms with E-state index in [1.807, 2.05) is 44.2 Å². The third-order valence-electron chi connectivity index (χ3n) is 7.41. The molecule has 0 saturated heterocycles. The van der Waals surface area contributed by atoms with Gasteiger partial charge in [-0.2, -0.15) is 0 Å². The number of anilines is 2. The SMILES string of the molecule is Cc1ccc(NS(=O)(=O)c2ccc3c(c2)[C@H]2C=CC[C@H]2[C@@H](c2ccc(C(C)(C)C)cc2)N3)c(C)c1. The first-order valence-corrected chi connectivity index (χ1v) is 13.8. The molecule has 4 nitrogen and oxygen atoms in total. The maximum Gasteiger partial charge on any atom is 0.261 e. The average molecular weight is 487 g/mol. The highest BCUT2D eigenvalue weighted by Gasteiger charge is 2.38. The maximum atomic E-state index is 13.3. The monoisotopic (exact) mass is 486 g/mol.